The molecule has 4 nitrogen and oxygen atoms in total. The third-order valence-electron chi connectivity index (χ3n) is 2.64. The molecule has 21 heavy (non-hydrogen) atoms. The van der Waals surface area contributed by atoms with Crippen LogP contribution in [0.5, 0.6) is 0 Å². The molecule has 0 N–H and O–H groups in total. The summed E-state index contributed by atoms with van der Waals surface area (Å²) in [6.45, 7) is 0. The first-order chi connectivity index (χ1) is 10.3. The van der Waals surface area contributed by atoms with Gasteiger partial charge < -0.3 is 4.52 Å². The number of nitrogens with zero attached hydrogens (tertiary/aromatic N) is 3. The molecule has 2 aromatic heterocycles. The minimum absolute atomic E-state index is 0.385. The van der Waals surface area contributed by atoms with Crippen LogP contribution in [0.3, 0.4) is 0 Å². The number of hydrogen-bond acceptors (Lipinski definition) is 6. The molecule has 0 saturated carbocycles. The Bertz CT molecular complexity index is 806. The Morgan fingerprint density at radius 3 is 3.00 bits per heavy atom. The van der Waals surface area contributed by atoms with Gasteiger partial charge in [0.05, 0.1) is 16.3 Å². The molecule has 2 heterocycles. The fraction of sp³-hybridized carbons (Fsp3) is 0.0714. The standard InChI is InChI=1S/C14H8ClN3OS2/c15-10-3-1-2-4-11(10)21-8-12-17-14(19-18-12)13-9(7-16)5-6-20-13/h1-6H,8H2. The van der Waals surface area contributed by atoms with E-state index < -0.39 is 0 Å². The molecule has 0 fully saturated rings. The Morgan fingerprint density at radius 2 is 2.19 bits per heavy atom. The largest absolute Gasteiger partial charge is 0.333 e. The lowest BCUT2D eigenvalue weighted by Gasteiger charge is -2.00. The number of rotatable bonds is 4. The van der Waals surface area contributed by atoms with Crippen molar-refractivity contribution in [1.82, 2.24) is 10.1 Å². The van der Waals surface area contributed by atoms with E-state index in [-0.39, 0.29) is 0 Å². The fourth-order valence-electron chi connectivity index (χ4n) is 1.67. The average molecular weight is 334 g/mol. The maximum absolute atomic E-state index is 9.01. The molecule has 3 aromatic rings. The van der Waals surface area contributed by atoms with Crippen LogP contribution in [0.4, 0.5) is 0 Å². The summed E-state index contributed by atoms with van der Waals surface area (Å²) >= 11 is 9.05. The maximum Gasteiger partial charge on any atom is 0.269 e. The molecule has 0 saturated heterocycles. The quantitative estimate of drug-likeness (QED) is 0.652. The molecular weight excluding hydrogens is 326 g/mol. The lowest BCUT2D eigenvalue weighted by atomic mass is 10.3. The second-order valence-corrected chi connectivity index (χ2v) is 6.35. The van der Waals surface area contributed by atoms with Crippen LogP contribution < -0.4 is 0 Å². The number of benzene rings is 1. The molecule has 0 amide bonds. The van der Waals surface area contributed by atoms with Crippen molar-refractivity contribution < 1.29 is 4.52 Å². The van der Waals surface area contributed by atoms with E-state index in [2.05, 4.69) is 16.2 Å². The van der Waals surface area contributed by atoms with E-state index in [1.165, 1.54) is 11.3 Å². The smallest absolute Gasteiger partial charge is 0.269 e. The van der Waals surface area contributed by atoms with Crippen molar-refractivity contribution in [3.63, 3.8) is 0 Å². The van der Waals surface area contributed by atoms with Gasteiger partial charge in [-0.2, -0.15) is 10.2 Å². The number of nitriles is 1. The van der Waals surface area contributed by atoms with Gasteiger partial charge in [0, 0.05) is 4.90 Å². The summed E-state index contributed by atoms with van der Waals surface area (Å²) in [5.74, 6) is 1.52. The number of aromatic nitrogens is 2. The molecule has 0 aliphatic carbocycles. The molecule has 0 spiro atoms. The first-order valence-electron chi connectivity index (χ1n) is 5.96. The van der Waals surface area contributed by atoms with Crippen LogP contribution in [0, 0.1) is 11.3 Å². The maximum atomic E-state index is 9.01. The van der Waals surface area contributed by atoms with Crippen molar-refractivity contribution in [2.45, 2.75) is 10.6 Å². The third kappa shape index (κ3) is 3.10. The van der Waals surface area contributed by atoms with E-state index in [0.717, 1.165) is 4.90 Å². The van der Waals surface area contributed by atoms with Gasteiger partial charge in [0.2, 0.25) is 0 Å². The van der Waals surface area contributed by atoms with Crippen molar-refractivity contribution in [2.75, 3.05) is 0 Å². The molecule has 0 aliphatic heterocycles. The first-order valence-corrected chi connectivity index (χ1v) is 8.20. The third-order valence-corrected chi connectivity index (χ3v) is 5.06. The summed E-state index contributed by atoms with van der Waals surface area (Å²) in [5.41, 5.74) is 0.550. The zero-order valence-electron chi connectivity index (χ0n) is 10.6. The Morgan fingerprint density at radius 1 is 1.33 bits per heavy atom. The van der Waals surface area contributed by atoms with Gasteiger partial charge in [0.1, 0.15) is 10.9 Å². The molecule has 0 radical (unpaired) electrons. The molecule has 3 rings (SSSR count). The zero-order chi connectivity index (χ0) is 14.7. The van der Waals surface area contributed by atoms with Gasteiger partial charge in [-0.05, 0) is 23.6 Å². The van der Waals surface area contributed by atoms with E-state index in [1.54, 1.807) is 17.8 Å². The Hall–Kier alpha value is -1.81. The Kier molecular flexibility index (Phi) is 4.25. The second kappa shape index (κ2) is 6.31. The molecule has 7 heteroatoms. The molecule has 0 bridgehead atoms. The van der Waals surface area contributed by atoms with Crippen LogP contribution in [0.1, 0.15) is 11.4 Å². The van der Waals surface area contributed by atoms with Gasteiger partial charge >= 0.3 is 0 Å². The Labute approximate surface area is 134 Å². The minimum atomic E-state index is 0.385. The predicted octanol–water partition coefficient (Wildman–Crippen LogP) is 4.62. The van der Waals surface area contributed by atoms with Gasteiger partial charge in [-0.1, -0.05) is 28.9 Å². The van der Waals surface area contributed by atoms with Gasteiger partial charge in [0.25, 0.3) is 5.89 Å². The molecule has 0 atom stereocenters. The van der Waals surface area contributed by atoms with Gasteiger partial charge in [-0.3, -0.25) is 0 Å². The number of halogens is 1. The summed E-state index contributed by atoms with van der Waals surface area (Å²) in [5, 5.41) is 15.5. The van der Waals surface area contributed by atoms with E-state index >= 15 is 0 Å². The van der Waals surface area contributed by atoms with Crippen molar-refractivity contribution in [3.8, 4) is 16.8 Å². The molecule has 1 aromatic carbocycles. The number of thioether (sulfide) groups is 1. The highest BCUT2D eigenvalue weighted by Gasteiger charge is 2.14. The summed E-state index contributed by atoms with van der Waals surface area (Å²) in [4.78, 5) is 6.00. The fourth-order valence-corrected chi connectivity index (χ4v) is 3.52. The highest BCUT2D eigenvalue weighted by atomic mass is 35.5. The summed E-state index contributed by atoms with van der Waals surface area (Å²) in [7, 11) is 0. The van der Waals surface area contributed by atoms with Crippen LogP contribution in [-0.4, -0.2) is 10.1 Å². The number of hydrogen-bond donors (Lipinski definition) is 0. The van der Waals surface area contributed by atoms with E-state index in [4.69, 9.17) is 21.4 Å². The number of thiophene rings is 1. The molecule has 104 valence electrons. The van der Waals surface area contributed by atoms with Crippen LogP contribution in [0.25, 0.3) is 10.8 Å². The van der Waals surface area contributed by atoms with Crippen LogP contribution >= 0.6 is 34.7 Å². The molecule has 0 unspecified atom stereocenters. The van der Waals surface area contributed by atoms with E-state index in [0.29, 0.717) is 32.9 Å². The lowest BCUT2D eigenvalue weighted by Crippen LogP contribution is -1.84. The molecular formula is C14H8ClN3OS2. The van der Waals surface area contributed by atoms with Crippen molar-refractivity contribution in [2.24, 2.45) is 0 Å². The van der Waals surface area contributed by atoms with Gasteiger partial charge in [-0.15, -0.1) is 23.1 Å². The Balaban J connectivity index is 1.74. The monoisotopic (exact) mass is 333 g/mol. The lowest BCUT2D eigenvalue weighted by molar-refractivity contribution is 0.426. The summed E-state index contributed by atoms with van der Waals surface area (Å²) in [6, 6.07) is 11.5. The van der Waals surface area contributed by atoms with Crippen LogP contribution in [0.15, 0.2) is 45.1 Å². The highest BCUT2D eigenvalue weighted by molar-refractivity contribution is 7.98. The van der Waals surface area contributed by atoms with Crippen molar-refractivity contribution in [3.05, 3.63) is 52.1 Å². The highest BCUT2D eigenvalue weighted by Crippen LogP contribution is 2.31. The van der Waals surface area contributed by atoms with Gasteiger partial charge in [0.15, 0.2) is 5.82 Å². The van der Waals surface area contributed by atoms with E-state index in [1.807, 2.05) is 29.6 Å². The summed E-state index contributed by atoms with van der Waals surface area (Å²) < 4.78 is 5.22. The topological polar surface area (TPSA) is 62.7 Å². The van der Waals surface area contributed by atoms with Crippen molar-refractivity contribution >= 4 is 34.7 Å². The average Bonchev–Trinajstić information content (AvgIpc) is 3.14. The second-order valence-electron chi connectivity index (χ2n) is 4.01. The van der Waals surface area contributed by atoms with E-state index in [9.17, 15) is 0 Å². The first kappa shape index (κ1) is 14.1. The molecule has 0 aliphatic rings. The van der Waals surface area contributed by atoms with Crippen molar-refractivity contribution in [1.29, 1.82) is 5.26 Å². The zero-order valence-corrected chi connectivity index (χ0v) is 13.0. The van der Waals surface area contributed by atoms with Crippen LogP contribution in [0.2, 0.25) is 5.02 Å². The minimum Gasteiger partial charge on any atom is -0.333 e. The van der Waals surface area contributed by atoms with Gasteiger partial charge in [-0.25, -0.2) is 0 Å². The van der Waals surface area contributed by atoms with Crippen LogP contribution in [-0.2, 0) is 5.75 Å². The predicted molar refractivity (Wildman–Crippen MR) is 83.3 cm³/mol. The normalized spacial score (nSPS) is 10.5. The summed E-state index contributed by atoms with van der Waals surface area (Å²) in [6.07, 6.45) is 0. The SMILES string of the molecule is N#Cc1ccsc1-c1nc(CSc2ccccc2Cl)no1.